The molecule has 4 aromatic carbocycles. The predicted molar refractivity (Wildman–Crippen MR) is 147 cm³/mol. The van der Waals surface area contributed by atoms with Gasteiger partial charge in [-0.25, -0.2) is 8.78 Å². The minimum Gasteiger partial charge on any atom is -0.496 e. The number of ether oxygens (including phenoxy) is 2. The van der Waals surface area contributed by atoms with Gasteiger partial charge in [0.25, 0.3) is 0 Å². The average molecular weight is 581 g/mol. The number of hydrogen-bond donors (Lipinski definition) is 1. The molecule has 0 radical (unpaired) electrons. The Morgan fingerprint density at radius 3 is 2.12 bits per heavy atom. The number of halogens is 5. The van der Waals surface area contributed by atoms with Crippen LogP contribution in [0.5, 0.6) is 11.5 Å². The fourth-order valence-electron chi connectivity index (χ4n) is 5.00. The quantitative estimate of drug-likeness (QED) is 0.221. The van der Waals surface area contributed by atoms with Crippen LogP contribution in [0.1, 0.15) is 29.2 Å². The van der Waals surface area contributed by atoms with Crippen LogP contribution in [-0.4, -0.2) is 25.1 Å². The second kappa shape index (κ2) is 12.0. The van der Waals surface area contributed by atoms with Crippen LogP contribution in [0.15, 0.2) is 96.0 Å². The summed E-state index contributed by atoms with van der Waals surface area (Å²) in [5.41, 5.74) is 2.64. The molecule has 10 heteroatoms. The maximum atomic E-state index is 14.7. The summed E-state index contributed by atoms with van der Waals surface area (Å²) in [5.74, 6) is -2.35. The van der Waals surface area contributed by atoms with Crippen molar-refractivity contribution in [1.29, 1.82) is 0 Å². The lowest BCUT2D eigenvalue weighted by Crippen LogP contribution is -2.32. The van der Waals surface area contributed by atoms with Gasteiger partial charge >= 0.3 is 6.36 Å². The van der Waals surface area contributed by atoms with Gasteiger partial charge in [0.05, 0.1) is 24.6 Å². The minimum atomic E-state index is -4.79. The highest BCUT2D eigenvalue weighted by atomic mass is 19.4. The molecule has 2 atom stereocenters. The molecule has 0 saturated heterocycles. The number of nitrogens with one attached hydrogen (secondary N) is 1. The Kier molecular flexibility index (Phi) is 8.24. The number of rotatable bonds is 8. The van der Waals surface area contributed by atoms with Crippen molar-refractivity contribution in [2.75, 3.05) is 7.11 Å². The van der Waals surface area contributed by atoms with E-state index in [9.17, 15) is 26.7 Å². The average Bonchev–Trinajstić information content (AvgIpc) is 3.41. The summed E-state index contributed by atoms with van der Waals surface area (Å²) in [7, 11) is 1.53. The predicted octanol–water partition coefficient (Wildman–Crippen LogP) is 7.41. The highest BCUT2D eigenvalue weighted by Crippen LogP contribution is 2.39. The van der Waals surface area contributed by atoms with Crippen LogP contribution < -0.4 is 14.8 Å². The monoisotopic (exact) mass is 580 g/mol. The van der Waals surface area contributed by atoms with E-state index >= 15 is 0 Å². The maximum absolute atomic E-state index is 14.7. The molecule has 216 valence electrons. The van der Waals surface area contributed by atoms with Gasteiger partial charge in [-0.1, -0.05) is 60.7 Å². The van der Waals surface area contributed by atoms with Crippen LogP contribution in [0.25, 0.3) is 11.1 Å². The van der Waals surface area contributed by atoms with Crippen molar-refractivity contribution in [1.82, 2.24) is 5.32 Å². The number of carbonyl (C=O) groups is 1. The first-order valence-electron chi connectivity index (χ1n) is 13.0. The molecule has 0 saturated carbocycles. The highest BCUT2D eigenvalue weighted by molar-refractivity contribution is 6.05. The summed E-state index contributed by atoms with van der Waals surface area (Å²) in [6.45, 7) is 0.183. The lowest BCUT2D eigenvalue weighted by molar-refractivity contribution is -0.274. The number of nitrogens with zero attached hydrogens (tertiary/aromatic N) is 1. The van der Waals surface area contributed by atoms with E-state index in [-0.39, 0.29) is 35.9 Å². The van der Waals surface area contributed by atoms with Crippen molar-refractivity contribution in [3.8, 4) is 22.6 Å². The van der Waals surface area contributed by atoms with E-state index in [1.165, 1.54) is 37.4 Å². The maximum Gasteiger partial charge on any atom is 0.573 e. The van der Waals surface area contributed by atoms with E-state index in [1.807, 2.05) is 18.2 Å². The first kappa shape index (κ1) is 28.8. The molecule has 5 rings (SSSR count). The number of alkyl halides is 3. The zero-order valence-electron chi connectivity index (χ0n) is 22.3. The molecule has 1 aliphatic rings. The summed E-state index contributed by atoms with van der Waals surface area (Å²) in [5, 5.41) is 2.90. The van der Waals surface area contributed by atoms with E-state index in [2.05, 4.69) is 15.0 Å². The van der Waals surface area contributed by atoms with Gasteiger partial charge in [-0.3, -0.25) is 9.79 Å². The number of benzene rings is 4. The third kappa shape index (κ3) is 6.43. The number of amides is 1. The third-order valence-corrected chi connectivity index (χ3v) is 7.00. The zero-order valence-corrected chi connectivity index (χ0v) is 22.3. The van der Waals surface area contributed by atoms with Gasteiger partial charge in [0.2, 0.25) is 5.91 Å². The minimum absolute atomic E-state index is 0.0166. The standard InChI is InChI=1S/C32H25F5N2O3/c1-41-28-8-3-2-5-22(28)18-38-31(40)24-17-27(29-25(33)6-4-7-26(29)34)39-30(24)21-11-9-19(10-12-21)20-13-15-23(16-14-20)42-32(35,36)37/h2-16,24,30H,17-18H2,1H3,(H,38,40). The first-order chi connectivity index (χ1) is 20.1. The van der Waals surface area contributed by atoms with Gasteiger partial charge in [-0.2, -0.15) is 0 Å². The fraction of sp³-hybridized carbons (Fsp3) is 0.188. The molecular weight excluding hydrogens is 555 g/mol. The summed E-state index contributed by atoms with van der Waals surface area (Å²) in [6.07, 6.45) is -4.77. The molecule has 4 aromatic rings. The Hall–Kier alpha value is -4.73. The highest BCUT2D eigenvalue weighted by Gasteiger charge is 2.38. The number of para-hydroxylation sites is 1. The molecule has 0 aliphatic carbocycles. The van der Waals surface area contributed by atoms with E-state index < -0.39 is 30.0 Å². The summed E-state index contributed by atoms with van der Waals surface area (Å²) in [6, 6.07) is 22.5. The number of carbonyl (C=O) groups excluding carboxylic acids is 1. The Bertz CT molecular complexity index is 1580. The van der Waals surface area contributed by atoms with Crippen molar-refractivity contribution >= 4 is 11.6 Å². The molecule has 2 unspecified atom stereocenters. The smallest absolute Gasteiger partial charge is 0.496 e. The number of methoxy groups -OCH3 is 1. The topological polar surface area (TPSA) is 59.9 Å². The summed E-state index contributed by atoms with van der Waals surface area (Å²) >= 11 is 0. The van der Waals surface area contributed by atoms with E-state index in [0.29, 0.717) is 22.4 Å². The Morgan fingerprint density at radius 1 is 0.881 bits per heavy atom. The van der Waals surface area contributed by atoms with Crippen LogP contribution in [-0.2, 0) is 11.3 Å². The molecule has 42 heavy (non-hydrogen) atoms. The zero-order chi connectivity index (χ0) is 29.9. The van der Waals surface area contributed by atoms with Crippen LogP contribution in [0.2, 0.25) is 0 Å². The summed E-state index contributed by atoms with van der Waals surface area (Å²) < 4.78 is 76.1. The van der Waals surface area contributed by atoms with Crippen LogP contribution in [0, 0.1) is 17.6 Å². The molecule has 1 heterocycles. The van der Waals surface area contributed by atoms with E-state index in [1.54, 1.807) is 30.3 Å². The van der Waals surface area contributed by atoms with Crippen molar-refractivity contribution < 1.29 is 36.2 Å². The van der Waals surface area contributed by atoms with Crippen LogP contribution >= 0.6 is 0 Å². The third-order valence-electron chi connectivity index (χ3n) is 7.00. The molecule has 1 N–H and O–H groups in total. The molecule has 0 aromatic heterocycles. The van der Waals surface area contributed by atoms with Gasteiger partial charge < -0.3 is 14.8 Å². The van der Waals surface area contributed by atoms with Gasteiger partial charge in [0.1, 0.15) is 23.1 Å². The fourth-order valence-corrected chi connectivity index (χ4v) is 5.00. The van der Waals surface area contributed by atoms with Crippen molar-refractivity contribution in [2.24, 2.45) is 10.9 Å². The Morgan fingerprint density at radius 2 is 1.50 bits per heavy atom. The largest absolute Gasteiger partial charge is 0.573 e. The van der Waals surface area contributed by atoms with E-state index in [4.69, 9.17) is 4.74 Å². The second-order valence-electron chi connectivity index (χ2n) is 9.65. The second-order valence-corrected chi connectivity index (χ2v) is 9.65. The Labute approximate surface area is 238 Å². The number of hydrogen-bond acceptors (Lipinski definition) is 4. The molecule has 1 amide bonds. The summed E-state index contributed by atoms with van der Waals surface area (Å²) in [4.78, 5) is 18.1. The van der Waals surface area contributed by atoms with Gasteiger partial charge in [0.15, 0.2) is 0 Å². The molecule has 0 fully saturated rings. The van der Waals surface area contributed by atoms with Crippen LogP contribution in [0.3, 0.4) is 0 Å². The molecule has 0 bridgehead atoms. The van der Waals surface area contributed by atoms with Crippen molar-refractivity contribution in [3.05, 3.63) is 119 Å². The Balaban J connectivity index is 1.41. The molecule has 1 aliphatic heterocycles. The molecule has 0 spiro atoms. The normalized spacial score (nSPS) is 16.6. The lowest BCUT2D eigenvalue weighted by atomic mass is 9.89. The molecule has 5 nitrogen and oxygen atoms in total. The van der Waals surface area contributed by atoms with Gasteiger partial charge in [0, 0.05) is 24.2 Å². The lowest BCUT2D eigenvalue weighted by Gasteiger charge is -2.19. The van der Waals surface area contributed by atoms with Crippen LogP contribution in [0.4, 0.5) is 22.0 Å². The number of aliphatic imine (C=N–C) groups is 1. The van der Waals surface area contributed by atoms with Gasteiger partial charge in [-0.05, 0) is 47.0 Å². The van der Waals surface area contributed by atoms with Gasteiger partial charge in [-0.15, -0.1) is 13.2 Å². The van der Waals surface area contributed by atoms with Crippen molar-refractivity contribution in [2.45, 2.75) is 25.4 Å². The van der Waals surface area contributed by atoms with E-state index in [0.717, 1.165) is 17.7 Å². The first-order valence-corrected chi connectivity index (χ1v) is 13.0. The SMILES string of the molecule is COc1ccccc1CNC(=O)C1CC(c2c(F)cccc2F)=NC1c1ccc(-c2ccc(OC(F)(F)F)cc2)cc1. The van der Waals surface area contributed by atoms with Crippen molar-refractivity contribution in [3.63, 3.8) is 0 Å². The molecular formula is C32H25F5N2O3.